The molecule has 208 valence electrons. The van der Waals surface area contributed by atoms with E-state index in [0.717, 1.165) is 13.8 Å². The van der Waals surface area contributed by atoms with Crippen LogP contribution in [0, 0.1) is 0 Å². The van der Waals surface area contributed by atoms with E-state index in [-0.39, 0.29) is 5.01 Å². The molecule has 2 unspecified atom stereocenters. The number of ketones is 1. The fraction of sp³-hybridized carbons (Fsp3) is 0.842. The first kappa shape index (κ1) is 30.4. The highest BCUT2D eigenvalue weighted by atomic mass is 16.6. The second-order valence-electron chi connectivity index (χ2n) is 8.74. The van der Waals surface area contributed by atoms with E-state index in [1.807, 2.05) is 5.43 Å². The molecule has 0 bridgehead atoms. The lowest BCUT2D eigenvalue weighted by atomic mass is 9.78. The maximum Gasteiger partial charge on any atom is 0.331 e. The predicted molar refractivity (Wildman–Crippen MR) is 112 cm³/mol. The van der Waals surface area contributed by atoms with Crippen LogP contribution in [0.25, 0.3) is 0 Å². The van der Waals surface area contributed by atoms with Gasteiger partial charge in [0.05, 0.1) is 25.9 Å². The van der Waals surface area contributed by atoms with Gasteiger partial charge in [-0.1, -0.05) is 0 Å². The topological polar surface area (TPSA) is 293 Å². The summed E-state index contributed by atoms with van der Waals surface area (Å²) in [6.45, 7) is -1.92. The molecule has 0 saturated carbocycles. The van der Waals surface area contributed by atoms with Gasteiger partial charge >= 0.3 is 5.97 Å². The van der Waals surface area contributed by atoms with Gasteiger partial charge in [-0.05, 0) is 6.92 Å². The van der Waals surface area contributed by atoms with Crippen LogP contribution in [-0.4, -0.2) is 155 Å². The van der Waals surface area contributed by atoms with Gasteiger partial charge in [0.2, 0.25) is 11.6 Å². The lowest BCUT2D eigenvalue weighted by Crippen LogP contribution is -2.86. The largest absolute Gasteiger partial charge is 0.480 e. The third-order valence-electron chi connectivity index (χ3n) is 6.54. The molecule has 0 aromatic rings. The molecule has 2 saturated heterocycles. The molecule has 0 radical (unpaired) electrons. The molecule has 0 aliphatic carbocycles. The van der Waals surface area contributed by atoms with Crippen molar-refractivity contribution >= 4 is 17.7 Å². The average Bonchev–Trinajstić information content (AvgIpc) is 2.82. The Morgan fingerprint density at radius 3 is 1.86 bits per heavy atom. The third kappa shape index (κ3) is 4.62. The number of nitrogens with one attached hydrogen (secondary N) is 1. The number of nitrogens with two attached hydrogens (primary N) is 1. The summed E-state index contributed by atoms with van der Waals surface area (Å²) >= 11 is 0. The van der Waals surface area contributed by atoms with Crippen LogP contribution in [0.3, 0.4) is 0 Å². The lowest BCUT2D eigenvalue weighted by Gasteiger charge is -2.58. The Hall–Kier alpha value is -1.87. The van der Waals surface area contributed by atoms with Crippen LogP contribution in [-0.2, 0) is 23.9 Å². The van der Waals surface area contributed by atoms with E-state index in [9.17, 15) is 60.3 Å². The van der Waals surface area contributed by atoms with E-state index < -0.39 is 104 Å². The minimum absolute atomic E-state index is 0.183. The van der Waals surface area contributed by atoms with Gasteiger partial charge in [-0.15, -0.1) is 0 Å². The van der Waals surface area contributed by atoms with Crippen molar-refractivity contribution in [2.75, 3.05) is 19.8 Å². The van der Waals surface area contributed by atoms with Crippen LogP contribution in [0.1, 0.15) is 13.8 Å². The highest BCUT2D eigenvalue weighted by Crippen LogP contribution is 2.41. The first-order chi connectivity index (χ1) is 16.7. The number of amides is 1. The normalized spacial score (nSPS) is 40.9. The first-order valence-corrected chi connectivity index (χ1v) is 10.8. The first-order valence-electron chi connectivity index (χ1n) is 10.8. The Kier molecular flexibility index (Phi) is 9.49. The summed E-state index contributed by atoms with van der Waals surface area (Å²) in [5, 5.41) is 92.0. The monoisotopic (exact) mass is 527 g/mol. The van der Waals surface area contributed by atoms with Gasteiger partial charge in [-0.3, -0.25) is 15.0 Å². The Morgan fingerprint density at radius 2 is 1.44 bits per heavy atom. The zero-order chi connectivity index (χ0) is 27.7. The molecule has 2 aliphatic rings. The smallest absolute Gasteiger partial charge is 0.331 e. The van der Waals surface area contributed by atoms with Crippen LogP contribution in [0.15, 0.2) is 0 Å². The second-order valence-corrected chi connectivity index (χ2v) is 8.74. The van der Waals surface area contributed by atoms with Gasteiger partial charge in [-0.25, -0.2) is 4.79 Å². The molecule has 12 N–H and O–H groups in total. The van der Waals surface area contributed by atoms with E-state index >= 15 is 0 Å². The number of hydrazine groups is 1. The van der Waals surface area contributed by atoms with Gasteiger partial charge < -0.3 is 61.2 Å². The number of carboxylic acid groups (broad SMARTS) is 1. The highest BCUT2D eigenvalue weighted by Gasteiger charge is 2.69. The van der Waals surface area contributed by atoms with Gasteiger partial charge in [0.25, 0.3) is 0 Å². The fourth-order valence-corrected chi connectivity index (χ4v) is 4.57. The zero-order valence-corrected chi connectivity index (χ0v) is 19.4. The maximum absolute atomic E-state index is 13.1. The number of hydrogen-bond donors (Lipinski definition) is 11. The molecule has 2 heterocycles. The SMILES string of the molecule is CC(=O)NN(C1(C(C)=O)O[C@H](CO)[C@@H](O)[C@H](O)[C@H]1N)[C@@](CO)(C(=O)O)C1O[C@H](CO)[C@@H](O)[C@H](O)[C@H]1O. The molecule has 2 fully saturated rings. The molecule has 1 amide bonds. The number of carboxylic acids is 1. The van der Waals surface area contributed by atoms with Gasteiger partial charge in [0.1, 0.15) is 48.8 Å². The minimum Gasteiger partial charge on any atom is -0.480 e. The zero-order valence-electron chi connectivity index (χ0n) is 19.4. The summed E-state index contributed by atoms with van der Waals surface area (Å²) in [5.74, 6) is -4.34. The molecule has 0 aromatic carbocycles. The Balaban J connectivity index is 2.89. The van der Waals surface area contributed by atoms with E-state index in [2.05, 4.69) is 0 Å². The van der Waals surface area contributed by atoms with Crippen molar-refractivity contribution in [3.05, 3.63) is 0 Å². The van der Waals surface area contributed by atoms with Crippen molar-refractivity contribution < 1.29 is 69.8 Å². The summed E-state index contributed by atoms with van der Waals surface area (Å²) < 4.78 is 10.9. The fourth-order valence-electron chi connectivity index (χ4n) is 4.57. The van der Waals surface area contributed by atoms with Crippen molar-refractivity contribution in [2.45, 2.75) is 80.0 Å². The highest BCUT2D eigenvalue weighted by molar-refractivity contribution is 5.89. The quantitative estimate of drug-likeness (QED) is 0.124. The van der Waals surface area contributed by atoms with Crippen molar-refractivity contribution in [1.29, 1.82) is 0 Å². The number of Topliss-reactive ketones (excluding diaryl/α,β-unsaturated/α-hetero) is 1. The summed E-state index contributed by atoms with van der Waals surface area (Å²) in [4.78, 5) is 38.1. The summed E-state index contributed by atoms with van der Waals surface area (Å²) in [7, 11) is 0. The molecule has 2 aliphatic heterocycles. The van der Waals surface area contributed by atoms with Crippen molar-refractivity contribution in [3.63, 3.8) is 0 Å². The van der Waals surface area contributed by atoms with Crippen molar-refractivity contribution in [2.24, 2.45) is 5.73 Å². The molecule has 17 nitrogen and oxygen atoms in total. The van der Waals surface area contributed by atoms with Crippen molar-refractivity contribution in [3.8, 4) is 0 Å². The lowest BCUT2D eigenvalue weighted by molar-refractivity contribution is -0.322. The van der Waals surface area contributed by atoms with E-state index in [0.29, 0.717) is 0 Å². The van der Waals surface area contributed by atoms with Gasteiger partial charge in [0, 0.05) is 6.92 Å². The number of aliphatic hydroxyl groups excluding tert-OH is 8. The molecule has 17 heteroatoms. The van der Waals surface area contributed by atoms with E-state index in [4.69, 9.17) is 15.2 Å². The third-order valence-corrected chi connectivity index (χ3v) is 6.54. The van der Waals surface area contributed by atoms with Crippen molar-refractivity contribution in [1.82, 2.24) is 10.4 Å². The molecular weight excluding hydrogens is 494 g/mol. The van der Waals surface area contributed by atoms with Crippen LogP contribution in [0.2, 0.25) is 0 Å². The van der Waals surface area contributed by atoms with E-state index in [1.165, 1.54) is 0 Å². The number of aliphatic hydroxyl groups is 8. The molecular formula is C19H33N3O14. The number of carbonyl (C=O) groups excluding carboxylic acids is 2. The van der Waals surface area contributed by atoms with Crippen LogP contribution < -0.4 is 11.2 Å². The van der Waals surface area contributed by atoms with Crippen LogP contribution in [0.4, 0.5) is 0 Å². The molecule has 0 spiro atoms. The summed E-state index contributed by atoms with van der Waals surface area (Å²) in [5.41, 5.74) is 1.92. The van der Waals surface area contributed by atoms with Crippen LogP contribution >= 0.6 is 0 Å². The average molecular weight is 527 g/mol. The molecule has 2 rings (SSSR count). The number of aliphatic carboxylic acids is 1. The Bertz CT molecular complexity index is 829. The molecule has 36 heavy (non-hydrogen) atoms. The van der Waals surface area contributed by atoms with Gasteiger partial charge in [0.15, 0.2) is 11.3 Å². The van der Waals surface area contributed by atoms with Crippen LogP contribution in [0.5, 0.6) is 0 Å². The number of ether oxygens (including phenoxy) is 2. The Morgan fingerprint density at radius 1 is 0.917 bits per heavy atom. The summed E-state index contributed by atoms with van der Waals surface area (Å²) in [6, 6.07) is -2.05. The second kappa shape index (κ2) is 11.3. The van der Waals surface area contributed by atoms with Gasteiger partial charge in [-0.2, -0.15) is 5.01 Å². The number of nitrogens with zero attached hydrogens (tertiary/aromatic N) is 1. The Labute approximate surface area is 204 Å². The maximum atomic E-state index is 13.1. The standard InChI is InChI=1S/C19H33N3O14/c1-6(26)19(15(20)13(31)11(29)9(4-24)36-19)22(21-7(2)27)18(5-25,17(33)34)16-14(32)12(30)10(28)8(3-23)35-16/h8-16,23-25,28-32H,3-5,20H2,1-2H3,(H,21,27)(H,33,34)/t8-,9-,10-,11-,12+,13+,14-,15-,16?,18-,19?/m1/s1. The molecule has 11 atom stereocenters. The number of hydrogen-bond acceptors (Lipinski definition) is 15. The van der Waals surface area contributed by atoms with E-state index in [1.54, 1.807) is 0 Å². The summed E-state index contributed by atoms with van der Waals surface area (Å²) in [6.07, 6.45) is -16.1. The number of rotatable bonds is 9. The predicted octanol–water partition coefficient (Wildman–Crippen LogP) is -7.28. The molecule has 0 aromatic heterocycles. The minimum atomic E-state index is -3.16. The number of carbonyl (C=O) groups is 3.